The molecule has 1 fully saturated rings. The lowest BCUT2D eigenvalue weighted by Crippen LogP contribution is -2.47. The lowest BCUT2D eigenvalue weighted by Gasteiger charge is -2.32. The zero-order chi connectivity index (χ0) is 19.9. The molecule has 0 spiro atoms. The van der Waals surface area contributed by atoms with Crippen molar-refractivity contribution in [2.75, 3.05) is 18.4 Å². The number of nitrogens with one attached hydrogen (secondary N) is 2. The van der Waals surface area contributed by atoms with Crippen LogP contribution in [0.1, 0.15) is 23.2 Å². The number of rotatable bonds is 5. The van der Waals surface area contributed by atoms with E-state index in [-0.39, 0.29) is 23.4 Å². The monoisotopic (exact) mass is 389 g/mol. The molecule has 3 rings (SSSR count). The molecule has 148 valence electrons. The summed E-state index contributed by atoms with van der Waals surface area (Å²) in [6.45, 7) is -2.03. The van der Waals surface area contributed by atoms with Crippen molar-refractivity contribution in [3.05, 3.63) is 60.2 Å². The zero-order valence-electron chi connectivity index (χ0n) is 15.1. The predicted octanol–water partition coefficient (Wildman–Crippen LogP) is 3.71. The maximum atomic E-state index is 12.5. The fraction of sp³-hybridized carbons (Fsp3) is 0.300. The molecule has 2 N–H and O–H groups in total. The zero-order valence-corrected chi connectivity index (χ0v) is 15.1. The van der Waals surface area contributed by atoms with Crippen LogP contribution < -0.4 is 15.4 Å². The molecule has 0 atom stereocenters. The van der Waals surface area contributed by atoms with Crippen LogP contribution in [0.25, 0.3) is 0 Å². The average molecular weight is 389 g/mol. The smallest absolute Gasteiger partial charge is 0.387 e. The molecular formula is C20H21F2N3O3. The van der Waals surface area contributed by atoms with Gasteiger partial charge in [-0.1, -0.05) is 30.3 Å². The Morgan fingerprint density at radius 3 is 2.32 bits per heavy atom. The largest absolute Gasteiger partial charge is 0.434 e. The summed E-state index contributed by atoms with van der Waals surface area (Å²) in [7, 11) is 0. The SMILES string of the molecule is O=C(NC1CCN(C(=O)Nc2ccccc2)CC1)c1ccccc1OC(F)F. The number of likely N-dealkylation sites (tertiary alicyclic amines) is 1. The van der Waals surface area contributed by atoms with Crippen molar-refractivity contribution in [3.8, 4) is 5.75 Å². The highest BCUT2D eigenvalue weighted by atomic mass is 19.3. The summed E-state index contributed by atoms with van der Waals surface area (Å²) >= 11 is 0. The number of piperidine rings is 1. The molecule has 0 aliphatic carbocycles. The molecule has 2 aromatic carbocycles. The number of alkyl halides is 2. The van der Waals surface area contributed by atoms with E-state index in [9.17, 15) is 18.4 Å². The van der Waals surface area contributed by atoms with E-state index in [0.717, 1.165) is 5.69 Å². The summed E-state index contributed by atoms with van der Waals surface area (Å²) in [5.41, 5.74) is 0.783. The number of amides is 3. The fourth-order valence-corrected chi connectivity index (χ4v) is 3.07. The van der Waals surface area contributed by atoms with E-state index in [1.54, 1.807) is 11.0 Å². The van der Waals surface area contributed by atoms with Gasteiger partial charge >= 0.3 is 12.6 Å². The first-order chi connectivity index (χ1) is 13.5. The Morgan fingerprint density at radius 1 is 1.00 bits per heavy atom. The van der Waals surface area contributed by atoms with Gasteiger partial charge in [-0.3, -0.25) is 4.79 Å². The number of carbonyl (C=O) groups is 2. The van der Waals surface area contributed by atoms with Gasteiger partial charge in [0.15, 0.2) is 0 Å². The molecule has 0 unspecified atom stereocenters. The van der Waals surface area contributed by atoms with Crippen LogP contribution in [0.5, 0.6) is 5.75 Å². The van der Waals surface area contributed by atoms with Crippen LogP contribution in [0.4, 0.5) is 19.3 Å². The number of hydrogen-bond donors (Lipinski definition) is 2. The minimum Gasteiger partial charge on any atom is -0.434 e. The number of benzene rings is 2. The Labute approximate surface area is 161 Å². The van der Waals surface area contributed by atoms with E-state index in [1.165, 1.54) is 18.2 Å². The second-order valence-corrected chi connectivity index (χ2v) is 6.41. The Balaban J connectivity index is 1.52. The molecule has 1 aliphatic heterocycles. The van der Waals surface area contributed by atoms with Crippen LogP contribution in [-0.4, -0.2) is 42.6 Å². The number of anilines is 1. The van der Waals surface area contributed by atoms with E-state index in [1.807, 2.05) is 30.3 Å². The van der Waals surface area contributed by atoms with E-state index in [2.05, 4.69) is 15.4 Å². The van der Waals surface area contributed by atoms with E-state index in [0.29, 0.717) is 25.9 Å². The van der Waals surface area contributed by atoms with Crippen molar-refractivity contribution in [2.24, 2.45) is 0 Å². The molecule has 1 saturated heterocycles. The van der Waals surface area contributed by atoms with Gasteiger partial charge < -0.3 is 20.3 Å². The van der Waals surface area contributed by atoms with Crippen LogP contribution in [0.15, 0.2) is 54.6 Å². The number of halogens is 2. The van der Waals surface area contributed by atoms with Gasteiger partial charge in [0.05, 0.1) is 5.56 Å². The maximum Gasteiger partial charge on any atom is 0.387 e. The van der Waals surface area contributed by atoms with Gasteiger partial charge in [0.25, 0.3) is 5.91 Å². The highest BCUT2D eigenvalue weighted by Gasteiger charge is 2.25. The lowest BCUT2D eigenvalue weighted by molar-refractivity contribution is -0.0501. The van der Waals surface area contributed by atoms with E-state index >= 15 is 0 Å². The van der Waals surface area contributed by atoms with Crippen LogP contribution in [-0.2, 0) is 0 Å². The molecule has 8 heteroatoms. The van der Waals surface area contributed by atoms with Gasteiger partial charge in [-0.15, -0.1) is 0 Å². The third-order valence-electron chi connectivity index (χ3n) is 4.49. The van der Waals surface area contributed by atoms with Gasteiger partial charge in [-0.2, -0.15) is 8.78 Å². The fourth-order valence-electron chi connectivity index (χ4n) is 3.07. The summed E-state index contributed by atoms with van der Waals surface area (Å²) < 4.78 is 29.4. The van der Waals surface area contributed by atoms with Gasteiger partial charge in [0, 0.05) is 24.8 Å². The minimum absolute atomic E-state index is 0.0621. The average Bonchev–Trinajstić information content (AvgIpc) is 2.69. The van der Waals surface area contributed by atoms with Crippen LogP contribution in [0.2, 0.25) is 0 Å². The molecule has 6 nitrogen and oxygen atoms in total. The first-order valence-corrected chi connectivity index (χ1v) is 8.98. The normalized spacial score (nSPS) is 14.6. The van der Waals surface area contributed by atoms with E-state index < -0.39 is 12.5 Å². The van der Waals surface area contributed by atoms with Gasteiger partial charge in [0.2, 0.25) is 0 Å². The summed E-state index contributed by atoms with van der Waals surface area (Å²) in [6, 6.07) is 14.7. The first kappa shape index (κ1) is 19.6. The summed E-state index contributed by atoms with van der Waals surface area (Å²) in [5.74, 6) is -0.627. The van der Waals surface area contributed by atoms with Crippen molar-refractivity contribution >= 4 is 17.6 Å². The second kappa shape index (κ2) is 9.16. The Hall–Kier alpha value is -3.16. The van der Waals surface area contributed by atoms with Gasteiger partial charge in [0.1, 0.15) is 5.75 Å². The molecule has 28 heavy (non-hydrogen) atoms. The topological polar surface area (TPSA) is 70.7 Å². The van der Waals surface area contributed by atoms with Gasteiger partial charge in [-0.25, -0.2) is 4.79 Å². The number of nitrogens with zero attached hydrogens (tertiary/aromatic N) is 1. The third-order valence-corrected chi connectivity index (χ3v) is 4.49. The highest BCUT2D eigenvalue weighted by Crippen LogP contribution is 2.21. The quantitative estimate of drug-likeness (QED) is 0.819. The van der Waals surface area contributed by atoms with Crippen LogP contribution >= 0.6 is 0 Å². The Kier molecular flexibility index (Phi) is 6.41. The van der Waals surface area contributed by atoms with Crippen LogP contribution in [0, 0.1) is 0 Å². The van der Waals surface area contributed by atoms with Crippen molar-refractivity contribution in [3.63, 3.8) is 0 Å². The molecule has 3 amide bonds. The number of carbonyl (C=O) groups excluding carboxylic acids is 2. The van der Waals surface area contributed by atoms with E-state index in [4.69, 9.17) is 0 Å². The number of urea groups is 1. The lowest BCUT2D eigenvalue weighted by atomic mass is 10.0. The first-order valence-electron chi connectivity index (χ1n) is 8.98. The molecule has 2 aromatic rings. The molecule has 0 aromatic heterocycles. The second-order valence-electron chi connectivity index (χ2n) is 6.41. The van der Waals surface area contributed by atoms with Crippen molar-refractivity contribution in [1.29, 1.82) is 0 Å². The van der Waals surface area contributed by atoms with Crippen molar-refractivity contribution in [2.45, 2.75) is 25.5 Å². The molecule has 0 saturated carbocycles. The number of hydrogen-bond acceptors (Lipinski definition) is 3. The Bertz CT molecular complexity index is 809. The molecule has 0 bridgehead atoms. The minimum atomic E-state index is -3.00. The third kappa shape index (κ3) is 5.18. The van der Waals surface area contributed by atoms with Crippen molar-refractivity contribution < 1.29 is 23.1 Å². The Morgan fingerprint density at radius 2 is 1.64 bits per heavy atom. The predicted molar refractivity (Wildman–Crippen MR) is 101 cm³/mol. The molecule has 1 heterocycles. The van der Waals surface area contributed by atoms with Crippen molar-refractivity contribution in [1.82, 2.24) is 10.2 Å². The highest BCUT2D eigenvalue weighted by molar-refractivity contribution is 5.97. The maximum absolute atomic E-state index is 12.5. The van der Waals surface area contributed by atoms with Crippen LogP contribution in [0.3, 0.4) is 0 Å². The summed E-state index contributed by atoms with van der Waals surface area (Å²) in [4.78, 5) is 26.4. The molecule has 1 aliphatic rings. The summed E-state index contributed by atoms with van der Waals surface area (Å²) in [6.07, 6.45) is 1.15. The number of ether oxygens (including phenoxy) is 1. The van der Waals surface area contributed by atoms with Gasteiger partial charge in [-0.05, 0) is 37.1 Å². The molecule has 0 radical (unpaired) electrons. The molecular weight excluding hydrogens is 368 g/mol. The number of para-hydroxylation sites is 2. The summed E-state index contributed by atoms with van der Waals surface area (Å²) in [5, 5.41) is 5.67. The standard InChI is InChI=1S/C20H21F2N3O3/c21-19(22)28-17-9-5-4-8-16(17)18(26)23-15-10-12-25(13-11-15)20(27)24-14-6-2-1-3-7-14/h1-9,15,19H,10-13H2,(H,23,26)(H,24,27).